The molecule has 1 N–H and O–H groups in total. The number of aromatic nitrogens is 3. The molecule has 0 bridgehead atoms. The summed E-state index contributed by atoms with van der Waals surface area (Å²) in [5, 5.41) is 8.22. The van der Waals surface area contributed by atoms with E-state index in [0.29, 0.717) is 11.4 Å². The fraction of sp³-hybridized carbons (Fsp3) is 0.0385. The molecular formula is C26H20N4O. The van der Waals surface area contributed by atoms with Crippen LogP contribution in [0.1, 0.15) is 15.9 Å². The minimum atomic E-state index is -0.217. The molecule has 0 aliphatic carbocycles. The monoisotopic (exact) mass is 404 g/mol. The maximum atomic E-state index is 13.2. The molecule has 0 radical (unpaired) electrons. The van der Waals surface area contributed by atoms with Crippen LogP contribution in [0.2, 0.25) is 0 Å². The first-order chi connectivity index (χ1) is 15.2. The quantitative estimate of drug-likeness (QED) is 0.421. The third kappa shape index (κ3) is 3.81. The summed E-state index contributed by atoms with van der Waals surface area (Å²) in [5.74, 6) is 0.275. The lowest BCUT2D eigenvalue weighted by Crippen LogP contribution is -2.14. The van der Waals surface area contributed by atoms with Crippen molar-refractivity contribution in [2.45, 2.75) is 6.92 Å². The average Bonchev–Trinajstić information content (AvgIpc) is 3.28. The second kappa shape index (κ2) is 7.88. The summed E-state index contributed by atoms with van der Waals surface area (Å²) in [4.78, 5) is 18.0. The van der Waals surface area contributed by atoms with Crippen LogP contribution in [0.25, 0.3) is 27.8 Å². The van der Waals surface area contributed by atoms with Gasteiger partial charge in [0.05, 0.1) is 22.5 Å². The standard InChI is InChI=1S/C26H20N4O/c1-18-11-13-19(14-12-18)24-17-22(21-9-5-6-10-23(21)27-24)26(31)28-25-15-16-30(29-25)20-7-3-2-4-8-20/h2-17H,1H3,(H,28,29,31). The molecule has 0 saturated carbocycles. The van der Waals surface area contributed by atoms with Gasteiger partial charge in [-0.3, -0.25) is 4.79 Å². The van der Waals surface area contributed by atoms with Gasteiger partial charge in [-0.15, -0.1) is 0 Å². The number of pyridine rings is 1. The van der Waals surface area contributed by atoms with Crippen LogP contribution < -0.4 is 5.32 Å². The first-order valence-corrected chi connectivity index (χ1v) is 10.1. The van der Waals surface area contributed by atoms with E-state index in [1.807, 2.05) is 98.0 Å². The lowest BCUT2D eigenvalue weighted by molar-refractivity contribution is 0.102. The Morgan fingerprint density at radius 3 is 2.42 bits per heavy atom. The van der Waals surface area contributed by atoms with Crippen LogP contribution in [0.4, 0.5) is 5.82 Å². The van der Waals surface area contributed by atoms with E-state index in [1.54, 1.807) is 10.7 Å². The number of fused-ring (bicyclic) bond motifs is 1. The van der Waals surface area contributed by atoms with Crippen molar-refractivity contribution in [1.29, 1.82) is 0 Å². The highest BCUT2D eigenvalue weighted by atomic mass is 16.1. The van der Waals surface area contributed by atoms with Crippen LogP contribution in [0.15, 0.2) is 97.2 Å². The Hall–Kier alpha value is -4.25. The molecule has 0 aliphatic heterocycles. The van der Waals surface area contributed by atoms with Crippen LogP contribution in [-0.4, -0.2) is 20.7 Å². The number of hydrogen-bond donors (Lipinski definition) is 1. The summed E-state index contributed by atoms with van der Waals surface area (Å²) in [6.45, 7) is 2.05. The number of aryl methyl sites for hydroxylation is 1. The number of nitrogens with zero attached hydrogens (tertiary/aromatic N) is 3. The summed E-state index contributed by atoms with van der Waals surface area (Å²) in [5.41, 5.74) is 5.18. The summed E-state index contributed by atoms with van der Waals surface area (Å²) in [7, 11) is 0. The lowest BCUT2D eigenvalue weighted by Gasteiger charge is -2.10. The molecule has 0 unspecified atom stereocenters. The highest BCUT2D eigenvalue weighted by molar-refractivity contribution is 6.12. The fourth-order valence-corrected chi connectivity index (χ4v) is 3.53. The van der Waals surface area contributed by atoms with Gasteiger partial charge in [-0.05, 0) is 31.2 Å². The normalized spacial score (nSPS) is 10.9. The molecule has 0 fully saturated rings. The molecule has 31 heavy (non-hydrogen) atoms. The topological polar surface area (TPSA) is 59.8 Å². The van der Waals surface area contributed by atoms with Gasteiger partial charge in [0.1, 0.15) is 0 Å². The van der Waals surface area contributed by atoms with E-state index in [4.69, 9.17) is 4.98 Å². The lowest BCUT2D eigenvalue weighted by atomic mass is 10.0. The van der Waals surface area contributed by atoms with Gasteiger partial charge < -0.3 is 5.32 Å². The molecule has 0 atom stereocenters. The molecular weight excluding hydrogens is 384 g/mol. The number of carbonyl (C=O) groups is 1. The minimum Gasteiger partial charge on any atom is -0.305 e. The number of anilines is 1. The highest BCUT2D eigenvalue weighted by Crippen LogP contribution is 2.26. The molecule has 0 aliphatic rings. The Morgan fingerprint density at radius 1 is 0.871 bits per heavy atom. The van der Waals surface area contributed by atoms with E-state index in [0.717, 1.165) is 27.8 Å². The van der Waals surface area contributed by atoms with Crippen LogP contribution >= 0.6 is 0 Å². The summed E-state index contributed by atoms with van der Waals surface area (Å²) in [6, 6.07) is 29.2. The van der Waals surface area contributed by atoms with Crippen LogP contribution in [-0.2, 0) is 0 Å². The maximum Gasteiger partial charge on any atom is 0.257 e. The minimum absolute atomic E-state index is 0.217. The van der Waals surface area contributed by atoms with E-state index in [-0.39, 0.29) is 5.91 Å². The Balaban J connectivity index is 1.51. The molecule has 0 spiro atoms. The zero-order valence-electron chi connectivity index (χ0n) is 17.0. The van der Waals surface area contributed by atoms with Gasteiger partial charge in [0.2, 0.25) is 0 Å². The Kier molecular flexibility index (Phi) is 4.77. The van der Waals surface area contributed by atoms with Gasteiger partial charge in [-0.1, -0.05) is 66.2 Å². The van der Waals surface area contributed by atoms with Crippen molar-refractivity contribution in [3.8, 4) is 16.9 Å². The van der Waals surface area contributed by atoms with Crippen molar-refractivity contribution >= 4 is 22.6 Å². The molecule has 5 nitrogen and oxygen atoms in total. The van der Waals surface area contributed by atoms with E-state index < -0.39 is 0 Å². The van der Waals surface area contributed by atoms with Crippen LogP contribution in [0, 0.1) is 6.92 Å². The zero-order valence-corrected chi connectivity index (χ0v) is 17.0. The Morgan fingerprint density at radius 2 is 1.61 bits per heavy atom. The number of rotatable bonds is 4. The van der Waals surface area contributed by atoms with E-state index in [9.17, 15) is 4.79 Å². The predicted molar refractivity (Wildman–Crippen MR) is 123 cm³/mol. The third-order valence-corrected chi connectivity index (χ3v) is 5.16. The summed E-state index contributed by atoms with van der Waals surface area (Å²) < 4.78 is 1.73. The van der Waals surface area contributed by atoms with Crippen molar-refractivity contribution in [2.24, 2.45) is 0 Å². The fourth-order valence-electron chi connectivity index (χ4n) is 3.53. The van der Waals surface area contributed by atoms with Crippen molar-refractivity contribution in [2.75, 3.05) is 5.32 Å². The number of hydrogen-bond acceptors (Lipinski definition) is 3. The average molecular weight is 404 g/mol. The van der Waals surface area contributed by atoms with Gasteiger partial charge in [0, 0.05) is 23.2 Å². The largest absolute Gasteiger partial charge is 0.305 e. The predicted octanol–water partition coefficient (Wildman–Crippen LogP) is 5.65. The molecule has 2 aromatic heterocycles. The van der Waals surface area contributed by atoms with Crippen LogP contribution in [0.3, 0.4) is 0 Å². The van der Waals surface area contributed by atoms with Gasteiger partial charge in [-0.25, -0.2) is 9.67 Å². The first-order valence-electron chi connectivity index (χ1n) is 10.1. The molecule has 5 rings (SSSR count). The molecule has 2 heterocycles. The van der Waals surface area contributed by atoms with Crippen LogP contribution in [0.5, 0.6) is 0 Å². The summed E-state index contributed by atoms with van der Waals surface area (Å²) in [6.07, 6.45) is 1.83. The molecule has 150 valence electrons. The van der Waals surface area contributed by atoms with Crippen molar-refractivity contribution in [3.05, 3.63) is 108 Å². The summed E-state index contributed by atoms with van der Waals surface area (Å²) >= 11 is 0. The SMILES string of the molecule is Cc1ccc(-c2cc(C(=O)Nc3ccn(-c4ccccc4)n3)c3ccccc3n2)cc1. The Labute approximate surface area is 180 Å². The second-order valence-electron chi connectivity index (χ2n) is 7.37. The number of para-hydroxylation sites is 2. The number of benzene rings is 3. The van der Waals surface area contributed by atoms with Crippen molar-refractivity contribution in [1.82, 2.24) is 14.8 Å². The Bertz CT molecular complexity index is 1370. The van der Waals surface area contributed by atoms with Gasteiger partial charge in [0.25, 0.3) is 5.91 Å². The molecule has 5 heteroatoms. The van der Waals surface area contributed by atoms with Gasteiger partial charge in [0.15, 0.2) is 5.82 Å². The van der Waals surface area contributed by atoms with Gasteiger partial charge >= 0.3 is 0 Å². The molecule has 1 amide bonds. The number of nitrogens with one attached hydrogen (secondary N) is 1. The van der Waals surface area contributed by atoms with E-state index in [2.05, 4.69) is 10.4 Å². The second-order valence-corrected chi connectivity index (χ2v) is 7.37. The highest BCUT2D eigenvalue weighted by Gasteiger charge is 2.15. The first kappa shape index (κ1) is 18.8. The number of carbonyl (C=O) groups excluding carboxylic acids is 1. The third-order valence-electron chi connectivity index (χ3n) is 5.16. The molecule has 5 aromatic rings. The van der Waals surface area contributed by atoms with E-state index in [1.165, 1.54) is 5.56 Å². The number of amides is 1. The van der Waals surface area contributed by atoms with Crippen molar-refractivity contribution in [3.63, 3.8) is 0 Å². The maximum absolute atomic E-state index is 13.2. The molecule has 0 saturated heterocycles. The van der Waals surface area contributed by atoms with E-state index >= 15 is 0 Å². The van der Waals surface area contributed by atoms with Gasteiger partial charge in [-0.2, -0.15) is 5.10 Å². The molecule has 3 aromatic carbocycles. The smallest absolute Gasteiger partial charge is 0.257 e. The zero-order chi connectivity index (χ0) is 21.2. The van der Waals surface area contributed by atoms with Crippen molar-refractivity contribution < 1.29 is 4.79 Å².